The Morgan fingerprint density at radius 1 is 0.944 bits per heavy atom. The summed E-state index contributed by atoms with van der Waals surface area (Å²) in [6.45, 7) is 3.44. The summed E-state index contributed by atoms with van der Waals surface area (Å²) in [7, 11) is -3.48. The van der Waals surface area contributed by atoms with E-state index in [-0.39, 0.29) is 4.90 Å². The van der Waals surface area contributed by atoms with Crippen molar-refractivity contribution in [2.24, 2.45) is 0 Å². The smallest absolute Gasteiger partial charge is 0.207 e. The highest BCUT2D eigenvalue weighted by Crippen LogP contribution is 2.11. The van der Waals surface area contributed by atoms with E-state index in [0.29, 0.717) is 0 Å². The van der Waals surface area contributed by atoms with Crippen LogP contribution in [0.3, 0.4) is 0 Å². The topological polar surface area (TPSA) is 46.2 Å². The second-order valence-electron chi connectivity index (χ2n) is 3.94. The lowest BCUT2D eigenvalue weighted by Gasteiger charge is -2.08. The number of hydrogen-bond acceptors (Lipinski definition) is 2. The van der Waals surface area contributed by atoms with Crippen LogP contribution in [0.1, 0.15) is 11.1 Å². The van der Waals surface area contributed by atoms with Crippen LogP contribution in [-0.4, -0.2) is 8.42 Å². The molecular formula is C14H14NO2S. The van der Waals surface area contributed by atoms with E-state index in [4.69, 9.17) is 0 Å². The van der Waals surface area contributed by atoms with E-state index >= 15 is 0 Å². The second kappa shape index (κ2) is 5.33. The van der Waals surface area contributed by atoms with Crippen molar-refractivity contribution in [3.63, 3.8) is 0 Å². The van der Waals surface area contributed by atoms with Crippen LogP contribution < -0.4 is 4.72 Å². The molecule has 2 aromatic carbocycles. The fourth-order valence-corrected chi connectivity index (χ4v) is 2.49. The van der Waals surface area contributed by atoms with Crippen molar-refractivity contribution in [3.05, 3.63) is 72.3 Å². The largest absolute Gasteiger partial charge is 0.241 e. The van der Waals surface area contributed by atoms with E-state index in [2.05, 4.69) is 4.72 Å². The van der Waals surface area contributed by atoms with Crippen molar-refractivity contribution in [1.82, 2.24) is 4.72 Å². The molecule has 18 heavy (non-hydrogen) atoms. The minimum absolute atomic E-state index is 0.259. The van der Waals surface area contributed by atoms with Crippen LogP contribution in [-0.2, 0) is 10.0 Å². The Labute approximate surface area is 108 Å². The van der Waals surface area contributed by atoms with Gasteiger partial charge in [0.25, 0.3) is 0 Å². The van der Waals surface area contributed by atoms with E-state index in [1.807, 2.05) is 31.2 Å². The van der Waals surface area contributed by atoms with Crippen LogP contribution in [0.25, 0.3) is 0 Å². The summed E-state index contributed by atoms with van der Waals surface area (Å²) in [5.74, 6) is 0. The molecule has 0 aliphatic heterocycles. The molecule has 2 aromatic rings. The lowest BCUT2D eigenvalue weighted by molar-refractivity contribution is 0.588. The normalized spacial score (nSPS) is 11.4. The third-order valence-electron chi connectivity index (χ3n) is 2.61. The quantitative estimate of drug-likeness (QED) is 0.918. The van der Waals surface area contributed by atoms with Gasteiger partial charge in [-0.1, -0.05) is 42.5 Å². The molecule has 0 saturated heterocycles. The van der Waals surface area contributed by atoms with Crippen LogP contribution >= 0.6 is 0 Å². The highest BCUT2D eigenvalue weighted by molar-refractivity contribution is 7.89. The molecule has 93 valence electrons. The zero-order chi connectivity index (χ0) is 13.0. The Hall–Kier alpha value is -1.65. The monoisotopic (exact) mass is 260 g/mol. The maximum Gasteiger partial charge on any atom is 0.241 e. The van der Waals surface area contributed by atoms with E-state index < -0.39 is 10.0 Å². The highest BCUT2D eigenvalue weighted by Gasteiger charge is 2.13. The number of hydrogen-bond donors (Lipinski definition) is 1. The summed E-state index contributed by atoms with van der Waals surface area (Å²) in [4.78, 5) is 0.259. The van der Waals surface area contributed by atoms with Gasteiger partial charge in [0.05, 0.1) is 11.4 Å². The molecule has 0 aromatic heterocycles. The van der Waals surface area contributed by atoms with Gasteiger partial charge in [-0.15, -0.1) is 0 Å². The first-order valence-corrected chi connectivity index (χ1v) is 7.04. The van der Waals surface area contributed by atoms with Crippen LogP contribution in [0.15, 0.2) is 59.5 Å². The van der Waals surface area contributed by atoms with Crippen molar-refractivity contribution in [3.8, 4) is 0 Å². The Kier molecular flexibility index (Phi) is 3.79. The summed E-state index contributed by atoms with van der Waals surface area (Å²) < 4.78 is 26.4. The lowest BCUT2D eigenvalue weighted by atomic mass is 10.1. The van der Waals surface area contributed by atoms with Gasteiger partial charge >= 0.3 is 0 Å². The summed E-state index contributed by atoms with van der Waals surface area (Å²) in [5, 5.41) is 0. The summed E-state index contributed by atoms with van der Waals surface area (Å²) in [6.07, 6.45) is 0. The van der Waals surface area contributed by atoms with Gasteiger partial charge in [-0.25, -0.2) is 13.1 Å². The zero-order valence-corrected chi connectivity index (χ0v) is 10.8. The fraction of sp³-hybridized carbons (Fsp3) is 0.0714. The standard InChI is InChI=1S/C14H14NO2S/c1-12-7-5-6-8-13(12)11-15-18(16,17)14-9-3-2-4-10-14/h2-11,15H,1H3. The van der Waals surface area contributed by atoms with Crippen LogP contribution in [0.5, 0.6) is 0 Å². The Balaban J connectivity index is 2.14. The van der Waals surface area contributed by atoms with Crippen molar-refractivity contribution in [2.45, 2.75) is 11.8 Å². The minimum Gasteiger partial charge on any atom is -0.207 e. The molecule has 3 nitrogen and oxygen atoms in total. The first-order valence-electron chi connectivity index (χ1n) is 5.56. The molecule has 2 rings (SSSR count). The molecule has 0 spiro atoms. The van der Waals surface area contributed by atoms with Gasteiger partial charge < -0.3 is 0 Å². The van der Waals surface area contributed by atoms with Gasteiger partial charge in [-0.3, -0.25) is 0 Å². The Morgan fingerprint density at radius 2 is 1.56 bits per heavy atom. The van der Waals surface area contributed by atoms with Crippen LogP contribution in [0.4, 0.5) is 0 Å². The minimum atomic E-state index is -3.48. The van der Waals surface area contributed by atoms with Gasteiger partial charge in [0.15, 0.2) is 0 Å². The molecule has 0 unspecified atom stereocenters. The predicted octanol–water partition coefficient (Wildman–Crippen LogP) is 2.48. The number of benzene rings is 2. The molecule has 0 aliphatic carbocycles. The molecule has 1 radical (unpaired) electrons. The summed E-state index contributed by atoms with van der Waals surface area (Å²) in [6, 6.07) is 15.9. The molecular weight excluding hydrogens is 246 g/mol. The van der Waals surface area contributed by atoms with E-state index in [1.165, 1.54) is 6.54 Å². The molecule has 0 atom stereocenters. The van der Waals surface area contributed by atoms with Crippen molar-refractivity contribution in [2.75, 3.05) is 0 Å². The van der Waals surface area contributed by atoms with Gasteiger partial charge in [-0.2, -0.15) is 0 Å². The summed E-state index contributed by atoms with van der Waals surface area (Å²) in [5.41, 5.74) is 1.88. The number of rotatable bonds is 4. The molecule has 0 heterocycles. The molecule has 0 bridgehead atoms. The van der Waals surface area contributed by atoms with Crippen LogP contribution in [0.2, 0.25) is 0 Å². The number of nitrogens with one attached hydrogen (secondary N) is 1. The Morgan fingerprint density at radius 3 is 2.22 bits per heavy atom. The molecule has 0 aliphatic rings. The molecule has 0 amide bonds. The average Bonchev–Trinajstić information content (AvgIpc) is 2.39. The second-order valence-corrected chi connectivity index (χ2v) is 5.65. The first kappa shape index (κ1) is 12.8. The van der Waals surface area contributed by atoms with Crippen molar-refractivity contribution < 1.29 is 8.42 Å². The van der Waals surface area contributed by atoms with Crippen LogP contribution in [0, 0.1) is 13.5 Å². The Bertz CT molecular complexity index is 621. The lowest BCUT2D eigenvalue weighted by Crippen LogP contribution is -2.21. The highest BCUT2D eigenvalue weighted by atomic mass is 32.2. The van der Waals surface area contributed by atoms with Gasteiger partial charge in [0.1, 0.15) is 0 Å². The predicted molar refractivity (Wildman–Crippen MR) is 71.3 cm³/mol. The van der Waals surface area contributed by atoms with Gasteiger partial charge in [0, 0.05) is 0 Å². The SMILES string of the molecule is Cc1ccccc1[CH]NS(=O)(=O)c1ccccc1. The molecule has 1 N–H and O–H groups in total. The molecule has 4 heteroatoms. The summed E-state index contributed by atoms with van der Waals surface area (Å²) >= 11 is 0. The van der Waals surface area contributed by atoms with E-state index in [9.17, 15) is 8.42 Å². The fourth-order valence-electron chi connectivity index (χ4n) is 1.56. The van der Waals surface area contributed by atoms with E-state index in [0.717, 1.165) is 11.1 Å². The van der Waals surface area contributed by atoms with Crippen molar-refractivity contribution >= 4 is 10.0 Å². The van der Waals surface area contributed by atoms with Gasteiger partial charge in [-0.05, 0) is 30.2 Å². The maximum atomic E-state index is 12.0. The number of sulfonamides is 1. The van der Waals surface area contributed by atoms with Gasteiger partial charge in [0.2, 0.25) is 10.0 Å². The van der Waals surface area contributed by atoms with E-state index in [1.54, 1.807) is 30.3 Å². The number of aryl methyl sites for hydroxylation is 1. The zero-order valence-electron chi connectivity index (χ0n) is 10.00. The maximum absolute atomic E-state index is 12.0. The third kappa shape index (κ3) is 2.97. The average molecular weight is 260 g/mol. The molecule has 0 saturated carbocycles. The molecule has 0 fully saturated rings. The third-order valence-corrected chi connectivity index (χ3v) is 3.93. The first-order chi connectivity index (χ1) is 8.59. The van der Waals surface area contributed by atoms with Crippen molar-refractivity contribution in [1.29, 1.82) is 0 Å².